The van der Waals surface area contributed by atoms with E-state index in [0.29, 0.717) is 37.5 Å². The van der Waals surface area contributed by atoms with Crippen LogP contribution >= 0.6 is 0 Å². The first-order valence-corrected chi connectivity index (χ1v) is 11.5. The minimum absolute atomic E-state index is 0.0824. The number of fused-ring (bicyclic) bond motifs is 1. The first-order valence-electron chi connectivity index (χ1n) is 11.5. The zero-order chi connectivity index (χ0) is 22.6. The minimum Gasteiger partial charge on any atom is -0.491 e. The second-order valence-corrected chi connectivity index (χ2v) is 9.02. The Morgan fingerprint density at radius 1 is 1.12 bits per heavy atom. The third-order valence-electron chi connectivity index (χ3n) is 6.81. The van der Waals surface area contributed by atoms with Crippen LogP contribution in [0.5, 0.6) is 5.75 Å². The number of carbonyl (C=O) groups is 2. The molecule has 1 spiro atoms. The van der Waals surface area contributed by atoms with Crippen molar-refractivity contribution in [2.24, 2.45) is 5.41 Å². The molecular formula is C25H32N4O3. The third kappa shape index (κ3) is 4.61. The van der Waals surface area contributed by atoms with Gasteiger partial charge < -0.3 is 14.5 Å². The number of likely N-dealkylation sites (tertiary alicyclic amines) is 1. The first-order chi connectivity index (χ1) is 15.5. The topological polar surface area (TPSA) is 75.6 Å². The summed E-state index contributed by atoms with van der Waals surface area (Å²) in [6.07, 6.45) is 8.29. The van der Waals surface area contributed by atoms with Gasteiger partial charge in [-0.2, -0.15) is 0 Å². The molecule has 1 aromatic carbocycles. The smallest absolute Gasteiger partial charge is 0.257 e. The van der Waals surface area contributed by atoms with Gasteiger partial charge in [-0.25, -0.2) is 9.97 Å². The summed E-state index contributed by atoms with van der Waals surface area (Å²) in [5, 5.41) is 0. The van der Waals surface area contributed by atoms with E-state index in [1.807, 2.05) is 37.1 Å². The zero-order valence-electron chi connectivity index (χ0n) is 19.0. The van der Waals surface area contributed by atoms with E-state index in [0.717, 1.165) is 44.3 Å². The summed E-state index contributed by atoms with van der Waals surface area (Å²) in [7, 11) is 1.85. The van der Waals surface area contributed by atoms with E-state index in [4.69, 9.17) is 4.74 Å². The first kappa shape index (κ1) is 22.2. The van der Waals surface area contributed by atoms with Gasteiger partial charge in [0.15, 0.2) is 0 Å². The number of ether oxygens (including phenoxy) is 1. The van der Waals surface area contributed by atoms with Gasteiger partial charge in [0.1, 0.15) is 18.7 Å². The van der Waals surface area contributed by atoms with Gasteiger partial charge in [0.25, 0.3) is 5.91 Å². The standard InChI is InChI=1S/C25H32N4O3/c1-19-21(16-26-18-27-19)23(30)29-13-7-12-25(17-29)11-6-5-9-20-8-3-4-10-22(20)32-15-14-28(2)24(25)31/h3-4,8,10,16,18H,5-7,9,11-15,17H2,1-2H3. The van der Waals surface area contributed by atoms with E-state index < -0.39 is 5.41 Å². The van der Waals surface area contributed by atoms with Crippen LogP contribution in [0.2, 0.25) is 0 Å². The molecule has 7 heteroatoms. The summed E-state index contributed by atoms with van der Waals surface area (Å²) in [6, 6.07) is 8.16. The van der Waals surface area contributed by atoms with E-state index >= 15 is 0 Å². The Kier molecular flexibility index (Phi) is 6.72. The maximum atomic E-state index is 13.7. The van der Waals surface area contributed by atoms with E-state index in [1.54, 1.807) is 11.1 Å². The monoisotopic (exact) mass is 436 g/mol. The lowest BCUT2D eigenvalue weighted by Crippen LogP contribution is -2.54. The summed E-state index contributed by atoms with van der Waals surface area (Å²) in [4.78, 5) is 38.7. The SMILES string of the molecule is Cc1ncncc1C(=O)N1CCCC2(CCCCc3ccccc3OCCN(C)C2=O)C1. The fraction of sp³-hybridized carbons (Fsp3) is 0.520. The number of hydrogen-bond donors (Lipinski definition) is 0. The van der Waals surface area contributed by atoms with Crippen molar-refractivity contribution in [3.05, 3.63) is 53.6 Å². The number of aryl methyl sites for hydroxylation is 2. The molecule has 4 rings (SSSR count). The van der Waals surface area contributed by atoms with Gasteiger partial charge in [-0.05, 0) is 50.7 Å². The van der Waals surface area contributed by atoms with Crippen LogP contribution in [-0.2, 0) is 11.2 Å². The predicted octanol–water partition coefficient (Wildman–Crippen LogP) is 3.27. The molecule has 2 aromatic rings. The third-order valence-corrected chi connectivity index (χ3v) is 6.81. The summed E-state index contributed by atoms with van der Waals surface area (Å²) in [5.41, 5.74) is 1.85. The fourth-order valence-electron chi connectivity index (χ4n) is 4.99. The molecule has 0 saturated carbocycles. The summed E-state index contributed by atoms with van der Waals surface area (Å²) in [6.45, 7) is 3.90. The van der Waals surface area contributed by atoms with Crippen molar-refractivity contribution in [3.8, 4) is 5.75 Å². The molecule has 0 radical (unpaired) electrons. The van der Waals surface area contributed by atoms with Crippen molar-refractivity contribution in [1.82, 2.24) is 19.8 Å². The molecule has 170 valence electrons. The van der Waals surface area contributed by atoms with Gasteiger partial charge in [-0.15, -0.1) is 0 Å². The molecule has 1 unspecified atom stereocenters. The highest BCUT2D eigenvalue weighted by molar-refractivity contribution is 5.95. The molecule has 2 aliphatic rings. The molecule has 1 fully saturated rings. The molecule has 1 aromatic heterocycles. The number of carbonyl (C=O) groups excluding carboxylic acids is 2. The lowest BCUT2D eigenvalue weighted by molar-refractivity contribution is -0.144. The largest absolute Gasteiger partial charge is 0.491 e. The van der Waals surface area contributed by atoms with Crippen LogP contribution in [-0.4, -0.2) is 64.9 Å². The van der Waals surface area contributed by atoms with E-state index in [-0.39, 0.29) is 11.8 Å². The van der Waals surface area contributed by atoms with Gasteiger partial charge in [0.2, 0.25) is 5.91 Å². The Morgan fingerprint density at radius 3 is 2.78 bits per heavy atom. The lowest BCUT2D eigenvalue weighted by atomic mass is 9.74. The number of amides is 2. The average molecular weight is 437 g/mol. The van der Waals surface area contributed by atoms with Crippen molar-refractivity contribution in [3.63, 3.8) is 0 Å². The number of aromatic nitrogens is 2. The normalized spacial score (nSPS) is 22.5. The summed E-state index contributed by atoms with van der Waals surface area (Å²) < 4.78 is 6.01. The molecule has 32 heavy (non-hydrogen) atoms. The fourth-order valence-corrected chi connectivity index (χ4v) is 4.99. The molecule has 0 bridgehead atoms. The lowest BCUT2D eigenvalue weighted by Gasteiger charge is -2.44. The van der Waals surface area contributed by atoms with Gasteiger partial charge in [0, 0.05) is 26.3 Å². The van der Waals surface area contributed by atoms with Crippen LogP contribution in [0.4, 0.5) is 0 Å². The van der Waals surface area contributed by atoms with E-state index in [1.165, 1.54) is 11.9 Å². The van der Waals surface area contributed by atoms with Gasteiger partial charge >= 0.3 is 0 Å². The van der Waals surface area contributed by atoms with E-state index in [2.05, 4.69) is 16.0 Å². The van der Waals surface area contributed by atoms with Crippen LogP contribution in [0, 0.1) is 12.3 Å². The Hall–Kier alpha value is -2.96. The van der Waals surface area contributed by atoms with Crippen molar-refractivity contribution < 1.29 is 14.3 Å². The number of piperidine rings is 1. The van der Waals surface area contributed by atoms with Gasteiger partial charge in [-0.3, -0.25) is 9.59 Å². The molecule has 0 aliphatic carbocycles. The predicted molar refractivity (Wildman–Crippen MR) is 121 cm³/mol. The molecule has 2 amide bonds. The van der Waals surface area contributed by atoms with Crippen LogP contribution < -0.4 is 4.74 Å². The number of benzene rings is 1. The van der Waals surface area contributed by atoms with Crippen LogP contribution in [0.15, 0.2) is 36.8 Å². The summed E-state index contributed by atoms with van der Waals surface area (Å²) >= 11 is 0. The molecule has 0 N–H and O–H groups in total. The molecule has 3 heterocycles. The maximum Gasteiger partial charge on any atom is 0.257 e. The minimum atomic E-state index is -0.551. The highest BCUT2D eigenvalue weighted by Crippen LogP contribution is 2.38. The van der Waals surface area contributed by atoms with Crippen LogP contribution in [0.25, 0.3) is 0 Å². The molecule has 1 saturated heterocycles. The molecular weight excluding hydrogens is 404 g/mol. The van der Waals surface area contributed by atoms with Crippen molar-refractivity contribution in [1.29, 1.82) is 0 Å². The Labute approximate surface area is 189 Å². The van der Waals surface area contributed by atoms with E-state index in [9.17, 15) is 9.59 Å². The van der Waals surface area contributed by atoms with Crippen LogP contribution in [0.1, 0.15) is 53.7 Å². The number of likely N-dealkylation sites (N-methyl/N-ethyl adjacent to an activating group) is 1. The van der Waals surface area contributed by atoms with Crippen molar-refractivity contribution in [2.45, 2.75) is 45.4 Å². The van der Waals surface area contributed by atoms with Crippen LogP contribution in [0.3, 0.4) is 0 Å². The molecule has 1 atom stereocenters. The molecule has 7 nitrogen and oxygen atoms in total. The Balaban J connectivity index is 1.55. The summed E-state index contributed by atoms with van der Waals surface area (Å²) in [5.74, 6) is 0.952. The number of rotatable bonds is 1. The highest BCUT2D eigenvalue weighted by Gasteiger charge is 2.44. The second-order valence-electron chi connectivity index (χ2n) is 9.02. The van der Waals surface area contributed by atoms with Crippen molar-refractivity contribution in [2.75, 3.05) is 33.3 Å². The Bertz CT molecular complexity index is 979. The quantitative estimate of drug-likeness (QED) is 0.686. The number of nitrogens with zero attached hydrogens (tertiary/aromatic N) is 4. The zero-order valence-corrected chi connectivity index (χ0v) is 19.0. The molecule has 2 aliphatic heterocycles. The number of para-hydroxylation sites is 1. The average Bonchev–Trinajstić information content (AvgIpc) is 2.81. The van der Waals surface area contributed by atoms with Gasteiger partial charge in [0.05, 0.1) is 23.2 Å². The highest BCUT2D eigenvalue weighted by atomic mass is 16.5. The Morgan fingerprint density at radius 2 is 1.94 bits per heavy atom. The maximum absolute atomic E-state index is 13.7. The van der Waals surface area contributed by atoms with Gasteiger partial charge in [-0.1, -0.05) is 24.6 Å². The second kappa shape index (κ2) is 9.67. The number of hydrogen-bond acceptors (Lipinski definition) is 5. The van der Waals surface area contributed by atoms with Crippen molar-refractivity contribution >= 4 is 11.8 Å².